The summed E-state index contributed by atoms with van der Waals surface area (Å²) in [5.74, 6) is -1.45. The summed E-state index contributed by atoms with van der Waals surface area (Å²) in [4.78, 5) is 27.1. The standard InChI is InChI=1S/C21H19F3N6O4/c1-33-17-6-5-16(27-28-17)30-18(21(22,23)24)15(12-25-30)19(31)26-14-4-2-3-13(11-14)20(32)29-7-9-34-10-8-29/h2-6,11-12H,7-10H2,1H3,(H,26,31). The largest absolute Gasteiger partial charge is 0.480 e. The minimum absolute atomic E-state index is 0.105. The van der Waals surface area contributed by atoms with Crippen molar-refractivity contribution in [2.45, 2.75) is 6.18 Å². The molecule has 1 saturated heterocycles. The predicted octanol–water partition coefficient (Wildman–Crippen LogP) is 2.41. The van der Waals surface area contributed by atoms with Crippen LogP contribution in [0.5, 0.6) is 5.88 Å². The maximum Gasteiger partial charge on any atom is 0.434 e. The van der Waals surface area contributed by atoms with E-state index in [2.05, 4.69) is 20.6 Å². The van der Waals surface area contributed by atoms with Gasteiger partial charge in [0, 0.05) is 30.4 Å². The number of methoxy groups -OCH3 is 1. The van der Waals surface area contributed by atoms with Crippen molar-refractivity contribution >= 4 is 17.5 Å². The van der Waals surface area contributed by atoms with Gasteiger partial charge >= 0.3 is 6.18 Å². The number of halogens is 3. The Balaban J connectivity index is 1.60. The number of amides is 2. The first-order chi connectivity index (χ1) is 16.3. The highest BCUT2D eigenvalue weighted by atomic mass is 19.4. The van der Waals surface area contributed by atoms with Gasteiger partial charge in [0.1, 0.15) is 0 Å². The molecule has 13 heteroatoms. The number of anilines is 1. The quantitative estimate of drug-likeness (QED) is 0.602. The topological polar surface area (TPSA) is 111 Å². The number of alkyl halides is 3. The number of hydrogen-bond donors (Lipinski definition) is 1. The lowest BCUT2D eigenvalue weighted by atomic mass is 10.1. The molecule has 34 heavy (non-hydrogen) atoms. The summed E-state index contributed by atoms with van der Waals surface area (Å²) >= 11 is 0. The number of carbonyl (C=O) groups is 2. The van der Waals surface area contributed by atoms with Gasteiger partial charge in [-0.2, -0.15) is 18.3 Å². The van der Waals surface area contributed by atoms with Gasteiger partial charge < -0.3 is 19.7 Å². The molecule has 2 aromatic heterocycles. The Kier molecular flexibility index (Phi) is 6.45. The summed E-state index contributed by atoms with van der Waals surface area (Å²) in [6, 6.07) is 8.53. The number of nitrogens with one attached hydrogen (secondary N) is 1. The van der Waals surface area contributed by atoms with E-state index in [-0.39, 0.29) is 23.3 Å². The van der Waals surface area contributed by atoms with E-state index in [4.69, 9.17) is 9.47 Å². The van der Waals surface area contributed by atoms with Crippen molar-refractivity contribution < 1.29 is 32.2 Å². The van der Waals surface area contributed by atoms with Crippen LogP contribution in [0.3, 0.4) is 0 Å². The van der Waals surface area contributed by atoms with Gasteiger partial charge in [0.05, 0.1) is 32.1 Å². The van der Waals surface area contributed by atoms with Crippen molar-refractivity contribution in [3.05, 3.63) is 59.4 Å². The number of ether oxygens (including phenoxy) is 2. The third-order valence-electron chi connectivity index (χ3n) is 5.00. The highest BCUT2D eigenvalue weighted by Gasteiger charge is 2.41. The van der Waals surface area contributed by atoms with Crippen molar-refractivity contribution in [1.29, 1.82) is 0 Å². The van der Waals surface area contributed by atoms with E-state index >= 15 is 0 Å². The Morgan fingerprint density at radius 2 is 1.88 bits per heavy atom. The normalized spacial score (nSPS) is 14.1. The molecule has 0 aliphatic carbocycles. The van der Waals surface area contributed by atoms with Crippen LogP contribution in [0.4, 0.5) is 18.9 Å². The molecule has 0 bridgehead atoms. The molecule has 3 aromatic rings. The van der Waals surface area contributed by atoms with E-state index < -0.39 is 23.3 Å². The lowest BCUT2D eigenvalue weighted by Crippen LogP contribution is -2.40. The maximum atomic E-state index is 13.9. The van der Waals surface area contributed by atoms with Gasteiger partial charge in [-0.3, -0.25) is 9.59 Å². The molecule has 4 rings (SSSR count). The van der Waals surface area contributed by atoms with E-state index in [0.29, 0.717) is 36.5 Å². The van der Waals surface area contributed by atoms with Crippen LogP contribution in [0.2, 0.25) is 0 Å². The summed E-state index contributed by atoms with van der Waals surface area (Å²) < 4.78 is 52.2. The Bertz CT molecular complexity index is 1190. The summed E-state index contributed by atoms with van der Waals surface area (Å²) in [6.45, 7) is 1.70. The SMILES string of the molecule is COc1ccc(-n2ncc(C(=O)Nc3cccc(C(=O)N4CCOCC4)c3)c2C(F)(F)F)nn1. The molecule has 10 nitrogen and oxygen atoms in total. The second-order valence-corrected chi connectivity index (χ2v) is 7.19. The Hall–Kier alpha value is -4.00. The first-order valence-electron chi connectivity index (χ1n) is 10.1. The first-order valence-corrected chi connectivity index (χ1v) is 10.1. The fourth-order valence-corrected chi connectivity index (χ4v) is 3.37. The minimum atomic E-state index is -4.92. The number of carbonyl (C=O) groups excluding carboxylic acids is 2. The van der Waals surface area contributed by atoms with E-state index in [1.54, 1.807) is 11.0 Å². The predicted molar refractivity (Wildman–Crippen MR) is 112 cm³/mol. The zero-order valence-corrected chi connectivity index (χ0v) is 17.9. The fraction of sp³-hybridized carbons (Fsp3) is 0.286. The van der Waals surface area contributed by atoms with Gasteiger partial charge in [-0.15, -0.1) is 10.2 Å². The van der Waals surface area contributed by atoms with Crippen LogP contribution in [0.1, 0.15) is 26.4 Å². The van der Waals surface area contributed by atoms with Crippen molar-refractivity contribution in [3.8, 4) is 11.7 Å². The van der Waals surface area contributed by atoms with E-state index in [1.807, 2.05) is 0 Å². The van der Waals surface area contributed by atoms with Gasteiger partial charge in [0.15, 0.2) is 11.5 Å². The van der Waals surface area contributed by atoms with E-state index in [0.717, 1.165) is 6.20 Å². The van der Waals surface area contributed by atoms with Gasteiger partial charge in [0.2, 0.25) is 5.88 Å². The summed E-state index contributed by atoms with van der Waals surface area (Å²) in [7, 11) is 1.34. The third-order valence-corrected chi connectivity index (χ3v) is 5.00. The lowest BCUT2D eigenvalue weighted by molar-refractivity contribution is -0.143. The van der Waals surface area contributed by atoms with Crippen LogP contribution < -0.4 is 10.1 Å². The molecular weight excluding hydrogens is 457 g/mol. The molecule has 2 amide bonds. The number of benzene rings is 1. The molecule has 178 valence electrons. The molecule has 0 spiro atoms. The molecule has 1 aromatic carbocycles. The van der Waals surface area contributed by atoms with Crippen molar-refractivity contribution in [1.82, 2.24) is 24.9 Å². The monoisotopic (exact) mass is 476 g/mol. The van der Waals surface area contributed by atoms with E-state index in [9.17, 15) is 22.8 Å². The molecule has 1 aliphatic rings. The van der Waals surface area contributed by atoms with Crippen LogP contribution in [0.15, 0.2) is 42.6 Å². The van der Waals surface area contributed by atoms with Crippen LogP contribution in [-0.2, 0) is 10.9 Å². The number of hydrogen-bond acceptors (Lipinski definition) is 7. The highest BCUT2D eigenvalue weighted by molar-refractivity contribution is 6.06. The summed E-state index contributed by atoms with van der Waals surface area (Å²) in [5, 5.41) is 13.4. The van der Waals surface area contributed by atoms with Crippen molar-refractivity contribution in [2.75, 3.05) is 38.7 Å². The second kappa shape index (κ2) is 9.47. The minimum Gasteiger partial charge on any atom is -0.480 e. The summed E-state index contributed by atoms with van der Waals surface area (Å²) in [6.07, 6.45) is -4.12. The van der Waals surface area contributed by atoms with Gasteiger partial charge in [-0.05, 0) is 24.3 Å². The van der Waals surface area contributed by atoms with Gasteiger partial charge in [-0.25, -0.2) is 4.68 Å². The van der Waals surface area contributed by atoms with Crippen LogP contribution in [0, 0.1) is 0 Å². The molecule has 1 fully saturated rings. The molecule has 1 N–H and O–H groups in total. The highest BCUT2D eigenvalue weighted by Crippen LogP contribution is 2.33. The van der Waals surface area contributed by atoms with Gasteiger partial charge in [0.25, 0.3) is 11.8 Å². The number of rotatable bonds is 5. The van der Waals surface area contributed by atoms with Crippen LogP contribution >= 0.6 is 0 Å². The smallest absolute Gasteiger partial charge is 0.434 e. The number of aromatic nitrogens is 4. The van der Waals surface area contributed by atoms with Crippen molar-refractivity contribution in [3.63, 3.8) is 0 Å². The zero-order chi connectivity index (χ0) is 24.3. The Morgan fingerprint density at radius 3 is 2.53 bits per heavy atom. The number of nitrogens with zero attached hydrogens (tertiary/aromatic N) is 5. The third kappa shape index (κ3) is 4.83. The lowest BCUT2D eigenvalue weighted by Gasteiger charge is -2.27. The molecule has 0 atom stereocenters. The Labute approximate surface area is 191 Å². The second-order valence-electron chi connectivity index (χ2n) is 7.19. The fourth-order valence-electron chi connectivity index (χ4n) is 3.37. The summed E-state index contributed by atoms with van der Waals surface area (Å²) in [5.41, 5.74) is -1.57. The Morgan fingerprint density at radius 1 is 1.12 bits per heavy atom. The molecule has 0 radical (unpaired) electrons. The molecule has 3 heterocycles. The average Bonchev–Trinajstić information content (AvgIpc) is 3.31. The molecule has 0 saturated carbocycles. The van der Waals surface area contributed by atoms with Gasteiger partial charge in [-0.1, -0.05) is 6.07 Å². The average molecular weight is 476 g/mol. The van der Waals surface area contributed by atoms with Crippen LogP contribution in [-0.4, -0.2) is 70.1 Å². The van der Waals surface area contributed by atoms with E-state index in [1.165, 1.54) is 37.4 Å². The molecular formula is C21H19F3N6O4. The molecule has 0 unspecified atom stereocenters. The zero-order valence-electron chi connectivity index (χ0n) is 17.9. The van der Waals surface area contributed by atoms with Crippen LogP contribution in [0.25, 0.3) is 5.82 Å². The van der Waals surface area contributed by atoms with Crippen molar-refractivity contribution in [2.24, 2.45) is 0 Å². The maximum absolute atomic E-state index is 13.9. The first kappa shape index (κ1) is 23.2. The molecule has 1 aliphatic heterocycles. The number of morpholine rings is 1.